The number of hydrogen-bond acceptors (Lipinski definition) is 6. The first-order valence-electron chi connectivity index (χ1n) is 9.42. The highest BCUT2D eigenvalue weighted by atomic mass is 32.2. The predicted octanol–water partition coefficient (Wildman–Crippen LogP) is 3.81. The SMILES string of the molecule is CN1CCS/C1=C/C=C/c1sc2ccc3ccccc3c2[n+]1CCCS(=O)(=O)[O-]. The van der Waals surface area contributed by atoms with E-state index in [0.717, 1.165) is 38.3 Å². The van der Waals surface area contributed by atoms with Gasteiger partial charge in [0.05, 0.1) is 20.5 Å². The van der Waals surface area contributed by atoms with Gasteiger partial charge in [-0.2, -0.15) is 4.57 Å². The van der Waals surface area contributed by atoms with E-state index in [4.69, 9.17) is 0 Å². The maximum Gasteiger partial charge on any atom is 0.262 e. The number of rotatable bonds is 6. The highest BCUT2D eigenvalue weighted by molar-refractivity contribution is 8.03. The summed E-state index contributed by atoms with van der Waals surface area (Å²) in [5.41, 5.74) is 1.09. The molecular weight excluding hydrogens is 424 g/mol. The van der Waals surface area contributed by atoms with Crippen LogP contribution in [-0.4, -0.2) is 43.0 Å². The minimum Gasteiger partial charge on any atom is -0.748 e. The number of benzene rings is 2. The van der Waals surface area contributed by atoms with Crippen LogP contribution < -0.4 is 4.57 Å². The van der Waals surface area contributed by atoms with Crippen molar-refractivity contribution in [2.75, 3.05) is 25.1 Å². The van der Waals surface area contributed by atoms with Crippen LogP contribution in [0.5, 0.6) is 0 Å². The summed E-state index contributed by atoms with van der Waals surface area (Å²) < 4.78 is 36.5. The van der Waals surface area contributed by atoms with Crippen molar-refractivity contribution < 1.29 is 17.5 Å². The topological polar surface area (TPSA) is 64.3 Å². The Morgan fingerprint density at radius 1 is 1.24 bits per heavy atom. The van der Waals surface area contributed by atoms with Crippen molar-refractivity contribution in [3.63, 3.8) is 0 Å². The van der Waals surface area contributed by atoms with Crippen molar-refractivity contribution in [1.29, 1.82) is 0 Å². The summed E-state index contributed by atoms with van der Waals surface area (Å²) in [7, 11) is -2.12. The van der Waals surface area contributed by atoms with Crippen molar-refractivity contribution in [3.8, 4) is 0 Å². The number of nitrogens with zero attached hydrogens (tertiary/aromatic N) is 2. The van der Waals surface area contributed by atoms with E-state index >= 15 is 0 Å². The molecule has 0 unspecified atom stereocenters. The average Bonchev–Trinajstić information content (AvgIpc) is 3.24. The Morgan fingerprint density at radius 2 is 2.07 bits per heavy atom. The quantitative estimate of drug-likeness (QED) is 0.426. The van der Waals surface area contributed by atoms with E-state index in [1.807, 2.05) is 23.9 Å². The van der Waals surface area contributed by atoms with Crippen LogP contribution in [0.25, 0.3) is 27.1 Å². The Hall–Kier alpha value is -1.87. The number of allylic oxidation sites excluding steroid dienone is 2. The molecule has 3 aromatic rings. The molecule has 29 heavy (non-hydrogen) atoms. The zero-order valence-corrected chi connectivity index (χ0v) is 18.5. The van der Waals surface area contributed by atoms with Crippen LogP contribution in [0.3, 0.4) is 0 Å². The molecule has 1 aromatic heterocycles. The molecule has 1 saturated heterocycles. The Bertz CT molecular complexity index is 1210. The molecule has 4 rings (SSSR count). The van der Waals surface area contributed by atoms with Crippen molar-refractivity contribution in [3.05, 3.63) is 58.6 Å². The molecule has 152 valence electrons. The maximum atomic E-state index is 11.1. The predicted molar refractivity (Wildman–Crippen MR) is 121 cm³/mol. The van der Waals surface area contributed by atoms with E-state index < -0.39 is 10.1 Å². The van der Waals surface area contributed by atoms with Gasteiger partial charge in [0.25, 0.3) is 5.01 Å². The number of fused-ring (bicyclic) bond motifs is 3. The summed E-state index contributed by atoms with van der Waals surface area (Å²) in [6, 6.07) is 12.4. The summed E-state index contributed by atoms with van der Waals surface area (Å²) in [4.78, 5) is 2.24. The second-order valence-electron chi connectivity index (χ2n) is 6.97. The number of thiazole rings is 1. The molecule has 1 aliphatic heterocycles. The van der Waals surface area contributed by atoms with Gasteiger partial charge in [0, 0.05) is 37.6 Å². The summed E-state index contributed by atoms with van der Waals surface area (Å²) in [6.45, 7) is 1.54. The van der Waals surface area contributed by atoms with Gasteiger partial charge < -0.3 is 9.45 Å². The smallest absolute Gasteiger partial charge is 0.262 e. The lowest BCUT2D eigenvalue weighted by molar-refractivity contribution is -0.667. The third-order valence-corrected chi connectivity index (χ3v) is 7.95. The molecule has 0 N–H and O–H groups in total. The van der Waals surface area contributed by atoms with Gasteiger partial charge in [-0.15, -0.1) is 11.8 Å². The average molecular weight is 447 g/mol. The number of hydrogen-bond donors (Lipinski definition) is 0. The monoisotopic (exact) mass is 446 g/mol. The van der Waals surface area contributed by atoms with E-state index in [9.17, 15) is 13.0 Å². The standard InChI is InChI=1S/C21H22N2O3S3/c1-22-13-14-27-19(22)8-4-9-20-23(12-5-15-29(24,25)26)21-17-7-3-2-6-16(17)10-11-18(21)28-20/h2-4,6-11H,5,12-15H2,1H3. The lowest BCUT2D eigenvalue weighted by atomic mass is 10.1. The Balaban J connectivity index is 1.75. The molecule has 0 bridgehead atoms. The van der Waals surface area contributed by atoms with Crippen molar-refractivity contribution in [2.24, 2.45) is 0 Å². The lowest BCUT2D eigenvalue weighted by Gasteiger charge is -2.09. The minimum atomic E-state index is -4.22. The molecule has 8 heteroatoms. The highest BCUT2D eigenvalue weighted by Crippen LogP contribution is 2.29. The fraction of sp³-hybridized carbons (Fsp3) is 0.286. The Morgan fingerprint density at radius 3 is 2.83 bits per heavy atom. The fourth-order valence-electron chi connectivity index (χ4n) is 3.51. The molecule has 5 nitrogen and oxygen atoms in total. The zero-order valence-electron chi connectivity index (χ0n) is 16.1. The molecule has 0 radical (unpaired) electrons. The van der Waals surface area contributed by atoms with Crippen molar-refractivity contribution in [1.82, 2.24) is 4.90 Å². The molecule has 2 aromatic carbocycles. The first-order valence-corrected chi connectivity index (χ1v) is 12.8. The summed E-state index contributed by atoms with van der Waals surface area (Å²) in [6.07, 6.45) is 6.54. The van der Waals surface area contributed by atoms with Crippen molar-refractivity contribution >= 4 is 60.3 Å². The van der Waals surface area contributed by atoms with E-state index in [1.165, 1.54) is 5.03 Å². The first-order chi connectivity index (χ1) is 13.9. The second kappa shape index (κ2) is 8.47. The molecule has 0 amide bonds. The van der Waals surface area contributed by atoms with Crippen LogP contribution in [-0.2, 0) is 16.7 Å². The Kier molecular flexibility index (Phi) is 5.96. The third-order valence-electron chi connectivity index (χ3n) is 4.92. The van der Waals surface area contributed by atoms with Gasteiger partial charge in [-0.1, -0.05) is 41.7 Å². The normalized spacial score (nSPS) is 16.8. The molecule has 1 fully saturated rings. The van der Waals surface area contributed by atoms with Gasteiger partial charge in [-0.3, -0.25) is 0 Å². The number of thioether (sulfide) groups is 1. The van der Waals surface area contributed by atoms with Crippen LogP contribution in [0.1, 0.15) is 11.4 Å². The molecular formula is C21H22N2O3S3. The molecule has 0 saturated carbocycles. The van der Waals surface area contributed by atoms with E-state index in [-0.39, 0.29) is 5.75 Å². The Labute approximate surface area is 179 Å². The van der Waals surface area contributed by atoms with E-state index in [2.05, 4.69) is 59.0 Å². The fourth-order valence-corrected chi connectivity index (χ4v) is 6.18. The minimum absolute atomic E-state index is 0.298. The molecule has 0 aliphatic carbocycles. The van der Waals surface area contributed by atoms with E-state index in [0.29, 0.717) is 13.0 Å². The highest BCUT2D eigenvalue weighted by Gasteiger charge is 2.21. The van der Waals surface area contributed by atoms with Crippen LogP contribution in [0.15, 0.2) is 53.6 Å². The van der Waals surface area contributed by atoms with Gasteiger partial charge in [0.1, 0.15) is 4.70 Å². The first kappa shape index (κ1) is 20.4. The second-order valence-corrected chi connectivity index (χ2v) is 10.7. The largest absolute Gasteiger partial charge is 0.748 e. The van der Waals surface area contributed by atoms with Gasteiger partial charge >= 0.3 is 0 Å². The van der Waals surface area contributed by atoms with E-state index in [1.54, 1.807) is 11.3 Å². The number of aryl methyl sites for hydroxylation is 1. The van der Waals surface area contributed by atoms with Gasteiger partial charge in [-0.25, -0.2) is 8.42 Å². The van der Waals surface area contributed by atoms with Crippen LogP contribution in [0.2, 0.25) is 0 Å². The molecule has 1 aliphatic rings. The van der Waals surface area contributed by atoms with Crippen LogP contribution in [0, 0.1) is 0 Å². The third kappa shape index (κ3) is 4.66. The molecule has 0 atom stereocenters. The van der Waals surface area contributed by atoms with Gasteiger partial charge in [0.2, 0.25) is 5.52 Å². The molecule has 2 heterocycles. The summed E-state index contributed by atoms with van der Waals surface area (Å²) in [5.74, 6) is 0.755. The van der Waals surface area contributed by atoms with Gasteiger partial charge in [-0.05, 0) is 23.6 Å². The van der Waals surface area contributed by atoms with Gasteiger partial charge in [0.15, 0.2) is 6.54 Å². The zero-order chi connectivity index (χ0) is 20.4. The molecule has 0 spiro atoms. The van der Waals surface area contributed by atoms with Crippen LogP contribution >= 0.6 is 23.1 Å². The summed E-state index contributed by atoms with van der Waals surface area (Å²) in [5, 5.41) is 4.57. The van der Waals surface area contributed by atoms with Crippen molar-refractivity contribution in [2.45, 2.75) is 13.0 Å². The van der Waals surface area contributed by atoms with Crippen LogP contribution in [0.4, 0.5) is 0 Å². The lowest BCUT2D eigenvalue weighted by Crippen LogP contribution is -2.36. The number of aromatic nitrogens is 1. The maximum absolute atomic E-state index is 11.1. The summed E-state index contributed by atoms with van der Waals surface area (Å²) >= 11 is 3.52.